The number of amides is 1. The summed E-state index contributed by atoms with van der Waals surface area (Å²) >= 11 is 0. The molecular weight excluding hydrogens is 226 g/mol. The van der Waals surface area contributed by atoms with Crippen molar-refractivity contribution in [2.24, 2.45) is 17.8 Å². The smallest absolute Gasteiger partial charge is 0.410 e. The highest BCUT2D eigenvalue weighted by molar-refractivity contribution is 5.69. The molecule has 104 valence electrons. The Kier molecular flexibility index (Phi) is 3.61. The van der Waals surface area contributed by atoms with Crippen molar-refractivity contribution in [2.45, 2.75) is 65.5 Å². The summed E-state index contributed by atoms with van der Waals surface area (Å²) in [5.74, 6) is 2.12. The van der Waals surface area contributed by atoms with Gasteiger partial charge in [0.2, 0.25) is 0 Å². The molecular formula is C15H27NO2. The lowest BCUT2D eigenvalue weighted by Crippen LogP contribution is -2.42. The van der Waals surface area contributed by atoms with Crippen molar-refractivity contribution < 1.29 is 9.53 Å². The van der Waals surface area contributed by atoms with Crippen LogP contribution < -0.4 is 0 Å². The topological polar surface area (TPSA) is 29.5 Å². The van der Waals surface area contributed by atoms with Crippen molar-refractivity contribution in [3.8, 4) is 0 Å². The van der Waals surface area contributed by atoms with E-state index in [0.29, 0.717) is 17.9 Å². The highest BCUT2D eigenvalue weighted by atomic mass is 16.6. The predicted octanol–water partition coefficient (Wildman–Crippen LogP) is 3.68. The fourth-order valence-corrected chi connectivity index (χ4v) is 3.51. The Morgan fingerprint density at radius 1 is 1.33 bits per heavy atom. The quantitative estimate of drug-likeness (QED) is 0.713. The zero-order chi connectivity index (χ0) is 13.5. The van der Waals surface area contributed by atoms with Crippen molar-refractivity contribution in [3.63, 3.8) is 0 Å². The van der Waals surface area contributed by atoms with Crippen LogP contribution in [0.15, 0.2) is 0 Å². The Morgan fingerprint density at radius 2 is 2.00 bits per heavy atom. The van der Waals surface area contributed by atoms with E-state index < -0.39 is 0 Å². The maximum atomic E-state index is 12.2. The van der Waals surface area contributed by atoms with Crippen LogP contribution in [0.2, 0.25) is 0 Å². The van der Waals surface area contributed by atoms with Gasteiger partial charge in [-0.1, -0.05) is 20.3 Å². The van der Waals surface area contributed by atoms with Crippen molar-refractivity contribution in [1.82, 2.24) is 4.90 Å². The second kappa shape index (κ2) is 4.75. The van der Waals surface area contributed by atoms with E-state index >= 15 is 0 Å². The Hall–Kier alpha value is -0.730. The lowest BCUT2D eigenvalue weighted by atomic mass is 9.74. The summed E-state index contributed by atoms with van der Waals surface area (Å²) in [5.41, 5.74) is -0.388. The SMILES string of the molecule is CC[C@H]1C[C@@H]2CN(C(=O)OC(C)(C)C)[C@H](C1)[C@@H]2C. The maximum absolute atomic E-state index is 12.2. The minimum Gasteiger partial charge on any atom is -0.444 e. The predicted molar refractivity (Wildman–Crippen MR) is 72.4 cm³/mol. The van der Waals surface area contributed by atoms with Gasteiger partial charge in [0.1, 0.15) is 5.60 Å². The van der Waals surface area contributed by atoms with Gasteiger partial charge in [0.25, 0.3) is 0 Å². The van der Waals surface area contributed by atoms with E-state index in [2.05, 4.69) is 13.8 Å². The van der Waals surface area contributed by atoms with Gasteiger partial charge in [-0.2, -0.15) is 0 Å². The van der Waals surface area contributed by atoms with Crippen LogP contribution in [0.3, 0.4) is 0 Å². The standard InChI is InChI=1S/C15H27NO2/c1-6-11-7-12-9-16(13(8-11)10(12)2)14(17)18-15(3,4)5/h10-13H,6-9H2,1-5H3/t10-,11+,12-,13-/m1/s1. The van der Waals surface area contributed by atoms with E-state index in [4.69, 9.17) is 4.74 Å². The second-order valence-electron chi connectivity index (χ2n) is 7.06. The Bertz CT molecular complexity index is 321. The van der Waals surface area contributed by atoms with Gasteiger partial charge in [0.15, 0.2) is 0 Å². The fourth-order valence-electron chi connectivity index (χ4n) is 3.51. The van der Waals surface area contributed by atoms with E-state index in [1.165, 1.54) is 12.8 Å². The molecule has 1 heterocycles. The van der Waals surface area contributed by atoms with Gasteiger partial charge in [-0.15, -0.1) is 0 Å². The third kappa shape index (κ3) is 2.65. The van der Waals surface area contributed by atoms with Crippen molar-refractivity contribution in [2.75, 3.05) is 6.54 Å². The first-order valence-corrected chi connectivity index (χ1v) is 7.31. The summed E-state index contributed by atoms with van der Waals surface area (Å²) in [6.07, 6.45) is 3.57. The molecule has 1 aliphatic carbocycles. The molecule has 1 amide bonds. The first-order chi connectivity index (χ1) is 8.31. The minimum atomic E-state index is -0.388. The maximum Gasteiger partial charge on any atom is 0.410 e. The molecule has 2 aliphatic rings. The summed E-state index contributed by atoms with van der Waals surface area (Å²) < 4.78 is 5.53. The summed E-state index contributed by atoms with van der Waals surface area (Å²) in [7, 11) is 0. The lowest BCUT2D eigenvalue weighted by Gasteiger charge is -2.34. The molecule has 0 spiro atoms. The van der Waals surface area contributed by atoms with E-state index in [0.717, 1.165) is 18.9 Å². The van der Waals surface area contributed by atoms with E-state index in [1.54, 1.807) is 0 Å². The summed E-state index contributed by atoms with van der Waals surface area (Å²) in [6.45, 7) is 11.3. The molecule has 0 unspecified atom stereocenters. The number of likely N-dealkylation sites (tertiary alicyclic amines) is 1. The fraction of sp³-hybridized carbons (Fsp3) is 0.933. The average molecular weight is 253 g/mol. The van der Waals surface area contributed by atoms with Gasteiger partial charge in [-0.3, -0.25) is 0 Å². The highest BCUT2D eigenvalue weighted by Crippen LogP contribution is 2.44. The molecule has 0 aromatic rings. The Balaban J connectivity index is 2.05. The third-order valence-electron chi connectivity index (χ3n) is 4.60. The zero-order valence-corrected chi connectivity index (χ0v) is 12.4. The van der Waals surface area contributed by atoms with E-state index in [-0.39, 0.29) is 11.7 Å². The number of rotatable bonds is 1. The second-order valence-corrected chi connectivity index (χ2v) is 7.06. The monoisotopic (exact) mass is 253 g/mol. The van der Waals surface area contributed by atoms with Crippen LogP contribution in [-0.4, -0.2) is 29.2 Å². The van der Waals surface area contributed by atoms with Crippen molar-refractivity contribution in [1.29, 1.82) is 0 Å². The molecule has 1 saturated heterocycles. The average Bonchev–Trinajstić information content (AvgIpc) is 2.47. The molecule has 0 aromatic heterocycles. The lowest BCUT2D eigenvalue weighted by molar-refractivity contribution is 0.0193. The van der Waals surface area contributed by atoms with Gasteiger partial charge in [-0.05, 0) is 51.4 Å². The van der Waals surface area contributed by atoms with Crippen LogP contribution in [0.5, 0.6) is 0 Å². The number of fused-ring (bicyclic) bond motifs is 2. The summed E-state index contributed by atoms with van der Waals surface area (Å²) in [6, 6.07) is 0.406. The molecule has 0 radical (unpaired) electrons. The van der Waals surface area contributed by atoms with Crippen LogP contribution in [0.4, 0.5) is 4.79 Å². The number of nitrogens with zero attached hydrogens (tertiary/aromatic N) is 1. The first kappa shape index (κ1) is 13.7. The van der Waals surface area contributed by atoms with Crippen molar-refractivity contribution >= 4 is 6.09 Å². The van der Waals surface area contributed by atoms with Gasteiger partial charge in [0, 0.05) is 12.6 Å². The first-order valence-electron chi connectivity index (χ1n) is 7.31. The molecule has 0 aromatic carbocycles. The molecule has 1 aliphatic heterocycles. The van der Waals surface area contributed by atoms with Gasteiger partial charge in [-0.25, -0.2) is 4.79 Å². The normalized spacial score (nSPS) is 35.7. The Labute approximate surface area is 111 Å². The number of ether oxygens (including phenoxy) is 1. The molecule has 3 heteroatoms. The molecule has 0 N–H and O–H groups in total. The molecule has 2 bridgehead atoms. The molecule has 3 nitrogen and oxygen atoms in total. The van der Waals surface area contributed by atoms with Crippen LogP contribution in [-0.2, 0) is 4.74 Å². The van der Waals surface area contributed by atoms with Crippen LogP contribution >= 0.6 is 0 Å². The Morgan fingerprint density at radius 3 is 2.56 bits per heavy atom. The minimum absolute atomic E-state index is 0.112. The summed E-state index contributed by atoms with van der Waals surface area (Å²) in [4.78, 5) is 14.2. The van der Waals surface area contributed by atoms with Crippen molar-refractivity contribution in [3.05, 3.63) is 0 Å². The van der Waals surface area contributed by atoms with Crippen LogP contribution in [0.25, 0.3) is 0 Å². The van der Waals surface area contributed by atoms with E-state index in [1.807, 2.05) is 25.7 Å². The zero-order valence-electron chi connectivity index (χ0n) is 12.4. The van der Waals surface area contributed by atoms with Gasteiger partial charge in [0.05, 0.1) is 0 Å². The largest absolute Gasteiger partial charge is 0.444 e. The number of carbonyl (C=O) groups is 1. The molecule has 4 atom stereocenters. The molecule has 2 rings (SSSR count). The molecule has 1 saturated carbocycles. The van der Waals surface area contributed by atoms with Gasteiger partial charge >= 0.3 is 6.09 Å². The summed E-state index contributed by atoms with van der Waals surface area (Å²) in [5, 5.41) is 0. The molecule has 18 heavy (non-hydrogen) atoms. The highest BCUT2D eigenvalue weighted by Gasteiger charge is 2.47. The molecule has 2 fully saturated rings. The number of carbonyl (C=O) groups excluding carboxylic acids is 1. The van der Waals surface area contributed by atoms with Gasteiger partial charge < -0.3 is 9.64 Å². The van der Waals surface area contributed by atoms with Crippen LogP contribution in [0, 0.1) is 17.8 Å². The van der Waals surface area contributed by atoms with E-state index in [9.17, 15) is 4.79 Å². The van der Waals surface area contributed by atoms with Crippen LogP contribution in [0.1, 0.15) is 53.9 Å². The number of hydrogen-bond acceptors (Lipinski definition) is 2. The third-order valence-corrected chi connectivity index (χ3v) is 4.60. The number of hydrogen-bond donors (Lipinski definition) is 0.